The van der Waals surface area contributed by atoms with Gasteiger partial charge in [-0.15, -0.1) is 11.3 Å². The van der Waals surface area contributed by atoms with Gasteiger partial charge in [-0.2, -0.15) is 4.31 Å². The highest BCUT2D eigenvalue weighted by Gasteiger charge is 2.30. The van der Waals surface area contributed by atoms with Gasteiger partial charge in [-0.05, 0) is 36.4 Å². The number of rotatable bonds is 4. The Balaban J connectivity index is 1.64. The van der Waals surface area contributed by atoms with Crippen molar-refractivity contribution in [2.24, 2.45) is 0 Å². The quantitative estimate of drug-likeness (QED) is 0.834. The summed E-state index contributed by atoms with van der Waals surface area (Å²) in [7, 11) is -3.72. The lowest BCUT2D eigenvalue weighted by molar-refractivity contribution is -0.114. The van der Waals surface area contributed by atoms with Crippen LogP contribution in [-0.2, 0) is 14.8 Å². The zero-order chi connectivity index (χ0) is 19.6. The summed E-state index contributed by atoms with van der Waals surface area (Å²) in [6, 6.07) is 7.98. The van der Waals surface area contributed by atoms with Gasteiger partial charge >= 0.3 is 0 Å². The fourth-order valence-electron chi connectivity index (χ4n) is 2.74. The molecule has 0 atom stereocenters. The van der Waals surface area contributed by atoms with Crippen molar-refractivity contribution in [2.75, 3.05) is 31.5 Å². The van der Waals surface area contributed by atoms with E-state index >= 15 is 0 Å². The van der Waals surface area contributed by atoms with Crippen molar-refractivity contribution in [2.45, 2.75) is 11.8 Å². The average Bonchev–Trinajstić information content (AvgIpc) is 3.09. The Labute approximate surface area is 160 Å². The van der Waals surface area contributed by atoms with Crippen molar-refractivity contribution in [3.63, 3.8) is 0 Å². The van der Waals surface area contributed by atoms with Gasteiger partial charge in [0.05, 0.1) is 14.8 Å². The normalized spacial score (nSPS) is 15.6. The van der Waals surface area contributed by atoms with Gasteiger partial charge in [-0.25, -0.2) is 12.8 Å². The largest absolute Gasteiger partial charge is 0.335 e. The molecule has 0 unspecified atom stereocenters. The van der Waals surface area contributed by atoms with E-state index in [0.717, 1.165) is 12.1 Å². The molecule has 2 heterocycles. The third kappa shape index (κ3) is 4.34. The van der Waals surface area contributed by atoms with Gasteiger partial charge in [0.1, 0.15) is 5.82 Å². The van der Waals surface area contributed by atoms with Crippen LogP contribution in [-0.4, -0.2) is 55.6 Å². The number of nitrogens with zero attached hydrogens (tertiary/aromatic N) is 2. The fourth-order valence-corrected chi connectivity index (χ4v) is 5.08. The average molecular weight is 411 g/mol. The Morgan fingerprint density at radius 1 is 1.04 bits per heavy atom. The molecule has 0 bridgehead atoms. The SMILES string of the molecule is CC(=O)Nc1ccc(C(=O)N2CCN(S(=O)(=O)c3ccc(F)cc3)CC2)s1. The van der Waals surface area contributed by atoms with Crippen LogP contribution in [0.4, 0.5) is 9.39 Å². The number of halogens is 1. The molecular formula is C17H18FN3O4S2. The second kappa shape index (κ2) is 7.75. The van der Waals surface area contributed by atoms with E-state index in [1.807, 2.05) is 0 Å². The summed E-state index contributed by atoms with van der Waals surface area (Å²) in [6.45, 7) is 2.23. The zero-order valence-electron chi connectivity index (χ0n) is 14.5. The van der Waals surface area contributed by atoms with E-state index in [2.05, 4.69) is 5.32 Å². The molecule has 1 aliphatic rings. The number of carbonyl (C=O) groups is 2. The monoisotopic (exact) mass is 411 g/mol. The fraction of sp³-hybridized carbons (Fsp3) is 0.294. The maximum absolute atomic E-state index is 13.0. The van der Waals surface area contributed by atoms with Crippen LogP contribution in [0.25, 0.3) is 0 Å². The molecule has 3 rings (SSSR count). The molecule has 0 spiro atoms. The molecule has 10 heteroatoms. The smallest absolute Gasteiger partial charge is 0.264 e. The summed E-state index contributed by atoms with van der Waals surface area (Å²) < 4.78 is 39.5. The number of nitrogens with one attached hydrogen (secondary N) is 1. The molecule has 1 aliphatic heterocycles. The summed E-state index contributed by atoms with van der Waals surface area (Å²) in [5.74, 6) is -0.912. The number of thiophene rings is 1. The van der Waals surface area contributed by atoms with Crippen LogP contribution in [0.15, 0.2) is 41.3 Å². The van der Waals surface area contributed by atoms with E-state index < -0.39 is 15.8 Å². The third-order valence-corrected chi connectivity index (χ3v) is 6.99. The minimum Gasteiger partial charge on any atom is -0.335 e. The summed E-state index contributed by atoms with van der Waals surface area (Å²) in [4.78, 5) is 25.7. The second-order valence-corrected chi connectivity index (χ2v) is 9.02. The topological polar surface area (TPSA) is 86.8 Å². The number of sulfonamides is 1. The molecule has 0 aliphatic carbocycles. The first-order chi connectivity index (χ1) is 12.8. The summed E-state index contributed by atoms with van der Waals surface area (Å²) in [5, 5.41) is 3.21. The van der Waals surface area contributed by atoms with Gasteiger partial charge in [0.2, 0.25) is 15.9 Å². The second-order valence-electron chi connectivity index (χ2n) is 6.00. The number of benzene rings is 1. The summed E-state index contributed by atoms with van der Waals surface area (Å²) >= 11 is 1.18. The predicted octanol–water partition coefficient (Wildman–Crippen LogP) is 1.99. The lowest BCUT2D eigenvalue weighted by atomic mass is 10.3. The molecule has 144 valence electrons. The van der Waals surface area contributed by atoms with Crippen LogP contribution in [0, 0.1) is 5.82 Å². The van der Waals surface area contributed by atoms with Gasteiger partial charge in [-0.3, -0.25) is 9.59 Å². The number of amides is 2. The number of anilines is 1. The van der Waals surface area contributed by atoms with E-state index in [1.165, 1.54) is 34.7 Å². The molecule has 0 saturated carbocycles. The van der Waals surface area contributed by atoms with Crippen LogP contribution >= 0.6 is 11.3 Å². The number of piperazine rings is 1. The van der Waals surface area contributed by atoms with Crippen molar-refractivity contribution >= 4 is 38.2 Å². The lowest BCUT2D eigenvalue weighted by Gasteiger charge is -2.33. The van der Waals surface area contributed by atoms with Crippen molar-refractivity contribution in [1.82, 2.24) is 9.21 Å². The van der Waals surface area contributed by atoms with Gasteiger partial charge < -0.3 is 10.2 Å². The zero-order valence-corrected chi connectivity index (χ0v) is 16.1. The van der Waals surface area contributed by atoms with Crippen molar-refractivity contribution < 1.29 is 22.4 Å². The Morgan fingerprint density at radius 2 is 1.67 bits per heavy atom. The number of hydrogen-bond donors (Lipinski definition) is 1. The van der Waals surface area contributed by atoms with E-state index in [9.17, 15) is 22.4 Å². The number of hydrogen-bond acceptors (Lipinski definition) is 5. The molecular weight excluding hydrogens is 393 g/mol. The third-order valence-electron chi connectivity index (χ3n) is 4.09. The molecule has 0 radical (unpaired) electrons. The van der Waals surface area contributed by atoms with Crippen LogP contribution in [0.3, 0.4) is 0 Å². The maximum Gasteiger partial charge on any atom is 0.264 e. The van der Waals surface area contributed by atoms with Crippen molar-refractivity contribution in [3.8, 4) is 0 Å². The highest BCUT2D eigenvalue weighted by molar-refractivity contribution is 7.89. The molecule has 2 amide bonds. The predicted molar refractivity (Wildman–Crippen MR) is 99.7 cm³/mol. The minimum atomic E-state index is -3.72. The summed E-state index contributed by atoms with van der Waals surface area (Å²) in [6.07, 6.45) is 0. The maximum atomic E-state index is 13.0. The minimum absolute atomic E-state index is 0.0295. The Kier molecular flexibility index (Phi) is 5.59. The van der Waals surface area contributed by atoms with E-state index in [0.29, 0.717) is 9.88 Å². The first-order valence-electron chi connectivity index (χ1n) is 8.20. The van der Waals surface area contributed by atoms with Crippen molar-refractivity contribution in [3.05, 3.63) is 47.1 Å². The highest BCUT2D eigenvalue weighted by Crippen LogP contribution is 2.24. The van der Waals surface area contributed by atoms with Crippen LogP contribution in [0.5, 0.6) is 0 Å². The number of carbonyl (C=O) groups excluding carboxylic acids is 2. The standard InChI is InChI=1S/C17H18FN3O4S2/c1-12(22)19-16-7-6-15(26-16)17(23)20-8-10-21(11-9-20)27(24,25)14-4-2-13(18)3-5-14/h2-7H,8-11H2,1H3,(H,19,22). The molecule has 1 aromatic heterocycles. The molecule has 1 aromatic carbocycles. The van der Waals surface area contributed by atoms with E-state index in [-0.39, 0.29) is 42.9 Å². The van der Waals surface area contributed by atoms with Gasteiger partial charge in [0.15, 0.2) is 0 Å². The molecule has 2 aromatic rings. The first-order valence-corrected chi connectivity index (χ1v) is 10.5. The van der Waals surface area contributed by atoms with Crippen LogP contribution < -0.4 is 5.32 Å². The van der Waals surface area contributed by atoms with Crippen LogP contribution in [0.1, 0.15) is 16.6 Å². The molecule has 1 saturated heterocycles. The molecule has 1 N–H and O–H groups in total. The van der Waals surface area contributed by atoms with Crippen LogP contribution in [0.2, 0.25) is 0 Å². The molecule has 7 nitrogen and oxygen atoms in total. The highest BCUT2D eigenvalue weighted by atomic mass is 32.2. The van der Waals surface area contributed by atoms with Gasteiger partial charge in [0.25, 0.3) is 5.91 Å². The first kappa shape index (κ1) is 19.5. The van der Waals surface area contributed by atoms with Gasteiger partial charge in [0, 0.05) is 33.1 Å². The molecule has 1 fully saturated rings. The van der Waals surface area contributed by atoms with Gasteiger partial charge in [-0.1, -0.05) is 0 Å². The Bertz CT molecular complexity index is 949. The Hall–Kier alpha value is -2.30. The summed E-state index contributed by atoms with van der Waals surface area (Å²) in [5.41, 5.74) is 0. The lowest BCUT2D eigenvalue weighted by Crippen LogP contribution is -2.50. The van der Waals surface area contributed by atoms with Crippen molar-refractivity contribution in [1.29, 1.82) is 0 Å². The van der Waals surface area contributed by atoms with E-state index in [4.69, 9.17) is 0 Å². The van der Waals surface area contributed by atoms with E-state index in [1.54, 1.807) is 17.0 Å². The molecule has 27 heavy (non-hydrogen) atoms. The Morgan fingerprint density at radius 3 is 2.26 bits per heavy atom.